The number of benzene rings is 2. The molecule has 11 heteroatoms. The zero-order valence-electron chi connectivity index (χ0n) is 24.0. The lowest BCUT2D eigenvalue weighted by Crippen LogP contribution is -2.65. The van der Waals surface area contributed by atoms with E-state index in [2.05, 4.69) is 20.6 Å². The third-order valence-electron chi connectivity index (χ3n) is 10.9. The van der Waals surface area contributed by atoms with Crippen molar-refractivity contribution in [1.82, 2.24) is 20.6 Å². The van der Waals surface area contributed by atoms with Gasteiger partial charge in [0.15, 0.2) is 11.6 Å². The standard InChI is InChI=1S/C33H31F5N4O2/c1-30-17-26(20-6-2-18(3-7-20)19-4-8-21(9-5-19)29-39-41-42-40-29)28-24-13-11-23(43)16-22(24)10-12-25(28)27(30)14-15-31(30,44)32(34,35)33(36,37)38/h2-9,16,25-27,44H,10-15,17H2,1H3,(H,39,40,41,42)/t25?,26-,27?,30+,31+/m1/s1. The molecule has 0 radical (unpaired) electrons. The number of alkyl halides is 5. The molecule has 4 aliphatic rings. The summed E-state index contributed by atoms with van der Waals surface area (Å²) in [6.07, 6.45) is -2.77. The third kappa shape index (κ3) is 4.14. The van der Waals surface area contributed by atoms with E-state index in [1.165, 1.54) is 6.92 Å². The molecule has 44 heavy (non-hydrogen) atoms. The summed E-state index contributed by atoms with van der Waals surface area (Å²) in [7, 11) is 0. The van der Waals surface area contributed by atoms with Crippen molar-refractivity contribution in [3.8, 4) is 22.5 Å². The van der Waals surface area contributed by atoms with Crippen LogP contribution in [-0.4, -0.2) is 49.2 Å². The molecular weight excluding hydrogens is 579 g/mol. The molecule has 0 aliphatic heterocycles. The number of tetrazole rings is 1. The lowest BCUT2D eigenvalue weighted by molar-refractivity contribution is -0.362. The first-order valence-electron chi connectivity index (χ1n) is 14.9. The highest BCUT2D eigenvalue weighted by molar-refractivity contribution is 5.93. The quantitative estimate of drug-likeness (QED) is 0.301. The Morgan fingerprint density at radius 3 is 2.20 bits per heavy atom. The van der Waals surface area contributed by atoms with Gasteiger partial charge in [-0.3, -0.25) is 4.79 Å². The first-order valence-corrected chi connectivity index (χ1v) is 14.9. The molecule has 2 saturated carbocycles. The number of carbonyl (C=O) groups excluding carboxylic acids is 1. The van der Waals surface area contributed by atoms with E-state index in [9.17, 15) is 23.1 Å². The number of halogens is 5. The molecule has 6 nitrogen and oxygen atoms in total. The molecule has 3 aromatic rings. The predicted molar refractivity (Wildman–Crippen MR) is 151 cm³/mol. The molecule has 1 aromatic heterocycles. The van der Waals surface area contributed by atoms with Crippen molar-refractivity contribution >= 4 is 5.78 Å². The number of aromatic nitrogens is 4. The fraction of sp³-hybridized carbons (Fsp3) is 0.455. The van der Waals surface area contributed by atoms with E-state index in [4.69, 9.17) is 0 Å². The second-order valence-corrected chi connectivity index (χ2v) is 12.9. The van der Waals surface area contributed by atoms with Crippen LogP contribution in [0, 0.1) is 17.3 Å². The molecule has 2 unspecified atom stereocenters. The van der Waals surface area contributed by atoms with Gasteiger partial charge < -0.3 is 5.11 Å². The Balaban J connectivity index is 1.30. The molecule has 7 rings (SSSR count). The molecule has 4 aliphatic carbocycles. The number of H-pyrrole nitrogens is 1. The summed E-state index contributed by atoms with van der Waals surface area (Å²) in [4.78, 5) is 12.3. The average molecular weight is 611 g/mol. The number of nitrogens with one attached hydrogen (secondary N) is 1. The average Bonchev–Trinajstić information content (AvgIpc) is 3.63. The van der Waals surface area contributed by atoms with Gasteiger partial charge in [-0.05, 0) is 94.7 Å². The Bertz CT molecular complexity index is 1660. The molecule has 2 aromatic carbocycles. The maximum absolute atomic E-state index is 15.2. The molecule has 5 atom stereocenters. The normalized spacial score (nSPS) is 30.5. The number of carbonyl (C=O) groups is 1. The Labute approximate surface area is 250 Å². The number of aromatic amines is 1. The second-order valence-electron chi connectivity index (χ2n) is 12.9. The first kappa shape index (κ1) is 29.0. The first-order chi connectivity index (χ1) is 20.8. The Hall–Kier alpha value is -3.73. The van der Waals surface area contributed by atoms with Crippen LogP contribution in [0.25, 0.3) is 22.5 Å². The lowest BCUT2D eigenvalue weighted by atomic mass is 9.50. The summed E-state index contributed by atoms with van der Waals surface area (Å²) in [5, 5.41) is 25.3. The van der Waals surface area contributed by atoms with Gasteiger partial charge in [0.1, 0.15) is 5.60 Å². The van der Waals surface area contributed by atoms with E-state index in [0.29, 0.717) is 31.5 Å². The molecule has 0 bridgehead atoms. The summed E-state index contributed by atoms with van der Waals surface area (Å²) in [5.74, 6) is -5.93. The minimum atomic E-state index is -5.87. The van der Waals surface area contributed by atoms with Crippen LogP contribution < -0.4 is 0 Å². The summed E-state index contributed by atoms with van der Waals surface area (Å²) in [5.41, 5.74) is 1.58. The molecule has 2 fully saturated rings. The van der Waals surface area contributed by atoms with Crippen molar-refractivity contribution in [3.63, 3.8) is 0 Å². The largest absolute Gasteiger partial charge is 0.456 e. The van der Waals surface area contributed by atoms with Gasteiger partial charge in [0.2, 0.25) is 0 Å². The van der Waals surface area contributed by atoms with Gasteiger partial charge in [-0.2, -0.15) is 22.0 Å². The highest BCUT2D eigenvalue weighted by atomic mass is 19.4. The molecular formula is C33H31F5N4O2. The molecule has 0 amide bonds. The zero-order valence-corrected chi connectivity index (χ0v) is 24.0. The van der Waals surface area contributed by atoms with Crippen molar-refractivity contribution in [2.45, 2.75) is 75.5 Å². The van der Waals surface area contributed by atoms with Gasteiger partial charge in [0.05, 0.1) is 0 Å². The fourth-order valence-corrected chi connectivity index (χ4v) is 8.72. The summed E-state index contributed by atoms with van der Waals surface area (Å²) in [6.45, 7) is 1.44. The van der Waals surface area contributed by atoms with Gasteiger partial charge in [0, 0.05) is 23.3 Å². The topological polar surface area (TPSA) is 91.8 Å². The van der Waals surface area contributed by atoms with E-state index in [1.54, 1.807) is 6.08 Å². The minimum Gasteiger partial charge on any atom is -0.383 e. The third-order valence-corrected chi connectivity index (χ3v) is 10.9. The van der Waals surface area contributed by atoms with Gasteiger partial charge in [0.25, 0.3) is 0 Å². The Morgan fingerprint density at radius 1 is 0.909 bits per heavy atom. The van der Waals surface area contributed by atoms with Gasteiger partial charge in [-0.1, -0.05) is 61.0 Å². The van der Waals surface area contributed by atoms with Crippen LogP contribution in [0.4, 0.5) is 22.0 Å². The van der Waals surface area contributed by atoms with Crippen molar-refractivity contribution < 1.29 is 31.9 Å². The van der Waals surface area contributed by atoms with Crippen LogP contribution in [0.1, 0.15) is 63.4 Å². The van der Waals surface area contributed by atoms with Crippen LogP contribution in [0.2, 0.25) is 0 Å². The van der Waals surface area contributed by atoms with Crippen LogP contribution >= 0.6 is 0 Å². The molecule has 230 valence electrons. The maximum Gasteiger partial charge on any atom is 0.456 e. The smallest absolute Gasteiger partial charge is 0.383 e. The highest BCUT2D eigenvalue weighted by Crippen LogP contribution is 2.70. The molecule has 0 saturated heterocycles. The fourth-order valence-electron chi connectivity index (χ4n) is 8.72. The van der Waals surface area contributed by atoms with Gasteiger partial charge in [-0.25, -0.2) is 5.10 Å². The van der Waals surface area contributed by atoms with Gasteiger partial charge in [-0.15, -0.1) is 5.10 Å². The van der Waals surface area contributed by atoms with E-state index in [1.807, 2.05) is 48.5 Å². The van der Waals surface area contributed by atoms with Crippen LogP contribution in [0.15, 0.2) is 71.3 Å². The molecule has 0 spiro atoms. The van der Waals surface area contributed by atoms with E-state index >= 15 is 8.78 Å². The Kier molecular flexibility index (Phi) is 6.52. The number of aliphatic hydroxyl groups is 1. The van der Waals surface area contributed by atoms with Crippen LogP contribution in [0.3, 0.4) is 0 Å². The summed E-state index contributed by atoms with van der Waals surface area (Å²) < 4.78 is 71.9. The van der Waals surface area contributed by atoms with Crippen molar-refractivity contribution in [2.75, 3.05) is 0 Å². The van der Waals surface area contributed by atoms with E-state index in [0.717, 1.165) is 39.0 Å². The van der Waals surface area contributed by atoms with Crippen molar-refractivity contribution in [2.24, 2.45) is 17.3 Å². The van der Waals surface area contributed by atoms with Crippen molar-refractivity contribution in [3.05, 3.63) is 76.9 Å². The Morgan fingerprint density at radius 2 is 1.57 bits per heavy atom. The van der Waals surface area contributed by atoms with Crippen molar-refractivity contribution in [1.29, 1.82) is 0 Å². The number of hydrogen-bond donors (Lipinski definition) is 2. The zero-order chi connectivity index (χ0) is 31.1. The molecule has 2 N–H and O–H groups in total. The number of fused-ring (bicyclic) bond motifs is 4. The number of rotatable bonds is 4. The predicted octanol–water partition coefficient (Wildman–Crippen LogP) is 7.36. The van der Waals surface area contributed by atoms with E-state index < -0.39 is 41.4 Å². The number of nitrogens with zero attached hydrogens (tertiary/aromatic N) is 3. The molecule has 1 heterocycles. The minimum absolute atomic E-state index is 0.0460. The number of allylic oxidation sites excluding steroid dienone is 4. The van der Waals surface area contributed by atoms with Gasteiger partial charge >= 0.3 is 12.1 Å². The van der Waals surface area contributed by atoms with Crippen LogP contribution in [-0.2, 0) is 4.79 Å². The SMILES string of the molecule is C[C@]12C[C@H](c3ccc(-c4ccc(-c5nnn[nH]5)cc4)cc3)C3=C4CCC(=O)C=C4CCC3C1CC[C@@]2(O)C(F)(F)C(F)(F)F. The monoisotopic (exact) mass is 610 g/mol. The maximum atomic E-state index is 15.2. The highest BCUT2D eigenvalue weighted by Gasteiger charge is 2.79. The van der Waals surface area contributed by atoms with E-state index in [-0.39, 0.29) is 24.5 Å². The summed E-state index contributed by atoms with van der Waals surface area (Å²) in [6, 6.07) is 15.3. The second kappa shape index (κ2) is 9.89. The lowest BCUT2D eigenvalue weighted by Gasteiger charge is -2.56. The number of ketones is 1. The van der Waals surface area contributed by atoms with Crippen LogP contribution in [0.5, 0.6) is 0 Å². The summed E-state index contributed by atoms with van der Waals surface area (Å²) >= 11 is 0. The number of hydrogen-bond acceptors (Lipinski definition) is 5.